The summed E-state index contributed by atoms with van der Waals surface area (Å²) in [6, 6.07) is 7.23. The van der Waals surface area contributed by atoms with Gasteiger partial charge in [-0.3, -0.25) is 10.1 Å². The first-order valence-electron chi connectivity index (χ1n) is 5.37. The van der Waals surface area contributed by atoms with Crippen LogP contribution in [0.25, 0.3) is 0 Å². The molecule has 16 heavy (non-hydrogen) atoms. The largest absolute Gasteiger partial charge is 0.365 e. The van der Waals surface area contributed by atoms with Crippen LogP contribution < -0.4 is 10.2 Å². The number of nitrogens with zero attached hydrogens (tertiary/aromatic N) is 2. The average Bonchev–Trinajstić information content (AvgIpc) is 2.81. The van der Waals surface area contributed by atoms with E-state index in [1.807, 2.05) is 18.0 Å². The number of anilines is 1. The average molecular weight is 221 g/mol. The molecule has 86 valence electrons. The molecule has 0 bridgehead atoms. The number of hydrogen-bond donors (Lipinski definition) is 1. The third-order valence-corrected chi connectivity index (χ3v) is 3.04. The predicted molar refractivity (Wildman–Crippen MR) is 62.8 cm³/mol. The van der Waals surface area contributed by atoms with Crippen LogP contribution in [0, 0.1) is 10.1 Å². The molecule has 2 rings (SSSR count). The number of nitro benzene ring substituents is 1. The molecule has 1 N–H and O–H groups in total. The molecule has 1 atom stereocenters. The van der Waals surface area contributed by atoms with Crippen molar-refractivity contribution in [2.24, 2.45) is 0 Å². The Morgan fingerprint density at radius 1 is 1.50 bits per heavy atom. The standard InChI is InChI=1S/C11H15N3O2/c1-13(9-6-7-12-8-9)10-4-2-3-5-11(10)14(15)16/h2-5,9,12H,6-8H2,1H3. The summed E-state index contributed by atoms with van der Waals surface area (Å²) >= 11 is 0. The summed E-state index contributed by atoms with van der Waals surface area (Å²) in [6.07, 6.45) is 1.03. The maximum absolute atomic E-state index is 10.9. The van der Waals surface area contributed by atoms with Gasteiger partial charge < -0.3 is 10.2 Å². The Balaban J connectivity index is 2.27. The van der Waals surface area contributed by atoms with Crippen LogP contribution in [0.2, 0.25) is 0 Å². The highest BCUT2D eigenvalue weighted by atomic mass is 16.6. The first kappa shape index (κ1) is 10.9. The SMILES string of the molecule is CN(c1ccccc1[N+](=O)[O-])C1CCNC1. The smallest absolute Gasteiger partial charge is 0.292 e. The van der Waals surface area contributed by atoms with Crippen molar-refractivity contribution in [2.45, 2.75) is 12.5 Å². The van der Waals surface area contributed by atoms with Crippen molar-refractivity contribution in [1.82, 2.24) is 5.32 Å². The second-order valence-electron chi connectivity index (χ2n) is 4.00. The normalized spacial score (nSPS) is 19.7. The van der Waals surface area contributed by atoms with Crippen molar-refractivity contribution in [3.63, 3.8) is 0 Å². The van der Waals surface area contributed by atoms with Gasteiger partial charge >= 0.3 is 0 Å². The van der Waals surface area contributed by atoms with Gasteiger partial charge in [0, 0.05) is 25.7 Å². The Bertz CT molecular complexity index is 389. The lowest BCUT2D eigenvalue weighted by atomic mass is 10.2. The van der Waals surface area contributed by atoms with E-state index >= 15 is 0 Å². The highest BCUT2D eigenvalue weighted by molar-refractivity contribution is 5.63. The quantitative estimate of drug-likeness (QED) is 0.619. The number of nitro groups is 1. The molecular weight excluding hydrogens is 206 g/mol. The molecule has 5 nitrogen and oxygen atoms in total. The van der Waals surface area contributed by atoms with Crippen molar-refractivity contribution in [1.29, 1.82) is 0 Å². The van der Waals surface area contributed by atoms with Crippen molar-refractivity contribution < 1.29 is 4.92 Å². The van der Waals surface area contributed by atoms with E-state index in [-0.39, 0.29) is 10.6 Å². The Morgan fingerprint density at radius 3 is 2.88 bits per heavy atom. The van der Waals surface area contributed by atoms with E-state index in [4.69, 9.17) is 0 Å². The molecule has 5 heteroatoms. The fourth-order valence-electron chi connectivity index (χ4n) is 2.08. The Labute approximate surface area is 94.2 Å². The number of hydrogen-bond acceptors (Lipinski definition) is 4. The highest BCUT2D eigenvalue weighted by Crippen LogP contribution is 2.28. The molecule has 1 aromatic rings. The molecular formula is C11H15N3O2. The topological polar surface area (TPSA) is 58.4 Å². The number of para-hydroxylation sites is 2. The van der Waals surface area contributed by atoms with Gasteiger partial charge in [0.15, 0.2) is 0 Å². The Morgan fingerprint density at radius 2 is 2.25 bits per heavy atom. The third-order valence-electron chi connectivity index (χ3n) is 3.04. The van der Waals surface area contributed by atoms with Crippen molar-refractivity contribution in [3.8, 4) is 0 Å². The predicted octanol–water partition coefficient (Wildman–Crippen LogP) is 1.39. The molecule has 0 amide bonds. The second-order valence-corrected chi connectivity index (χ2v) is 4.00. The van der Waals surface area contributed by atoms with Crippen molar-refractivity contribution in [2.75, 3.05) is 25.0 Å². The number of likely N-dealkylation sites (N-methyl/N-ethyl adjacent to an activating group) is 1. The van der Waals surface area contributed by atoms with Gasteiger partial charge in [0.2, 0.25) is 0 Å². The molecule has 0 aromatic heterocycles. The summed E-state index contributed by atoms with van der Waals surface area (Å²) < 4.78 is 0. The van der Waals surface area contributed by atoms with Gasteiger partial charge in [0.1, 0.15) is 5.69 Å². The van der Waals surface area contributed by atoms with E-state index in [1.165, 1.54) is 0 Å². The van der Waals surface area contributed by atoms with Gasteiger partial charge in [-0.2, -0.15) is 0 Å². The van der Waals surface area contributed by atoms with Crippen LogP contribution in [0.4, 0.5) is 11.4 Å². The minimum Gasteiger partial charge on any atom is -0.365 e. The molecule has 1 saturated heterocycles. The Kier molecular flexibility index (Phi) is 3.05. The first-order valence-corrected chi connectivity index (χ1v) is 5.37. The van der Waals surface area contributed by atoms with Gasteiger partial charge in [0.25, 0.3) is 5.69 Å². The zero-order chi connectivity index (χ0) is 11.5. The van der Waals surface area contributed by atoms with Crippen LogP contribution in [-0.4, -0.2) is 31.1 Å². The number of nitrogens with one attached hydrogen (secondary N) is 1. The molecule has 0 saturated carbocycles. The zero-order valence-electron chi connectivity index (χ0n) is 9.22. The van der Waals surface area contributed by atoms with E-state index in [9.17, 15) is 10.1 Å². The first-order chi connectivity index (χ1) is 7.70. The van der Waals surface area contributed by atoms with Crippen molar-refractivity contribution >= 4 is 11.4 Å². The van der Waals surface area contributed by atoms with E-state index in [2.05, 4.69) is 5.32 Å². The maximum atomic E-state index is 10.9. The van der Waals surface area contributed by atoms with Crippen molar-refractivity contribution in [3.05, 3.63) is 34.4 Å². The lowest BCUT2D eigenvalue weighted by Gasteiger charge is -2.25. The molecule has 1 heterocycles. The minimum atomic E-state index is -0.325. The zero-order valence-corrected chi connectivity index (χ0v) is 9.22. The minimum absolute atomic E-state index is 0.178. The van der Waals surface area contributed by atoms with E-state index in [0.29, 0.717) is 11.7 Å². The van der Waals surface area contributed by atoms with E-state index in [1.54, 1.807) is 18.2 Å². The summed E-state index contributed by atoms with van der Waals surface area (Å²) in [5.74, 6) is 0. The van der Waals surface area contributed by atoms with Crippen LogP contribution in [0.1, 0.15) is 6.42 Å². The fourth-order valence-corrected chi connectivity index (χ4v) is 2.08. The number of rotatable bonds is 3. The second kappa shape index (κ2) is 4.49. The molecule has 0 radical (unpaired) electrons. The Hall–Kier alpha value is -1.62. The highest BCUT2D eigenvalue weighted by Gasteiger charge is 2.24. The molecule has 1 aromatic carbocycles. The van der Waals surface area contributed by atoms with Gasteiger partial charge in [-0.05, 0) is 19.0 Å². The lowest BCUT2D eigenvalue weighted by Crippen LogP contribution is -2.33. The summed E-state index contributed by atoms with van der Waals surface area (Å²) in [4.78, 5) is 12.6. The number of benzene rings is 1. The molecule has 1 fully saturated rings. The maximum Gasteiger partial charge on any atom is 0.292 e. The molecule has 1 aliphatic rings. The lowest BCUT2D eigenvalue weighted by molar-refractivity contribution is -0.384. The van der Waals surface area contributed by atoms with Gasteiger partial charge in [-0.15, -0.1) is 0 Å². The third kappa shape index (κ3) is 1.99. The monoisotopic (exact) mass is 221 g/mol. The summed E-state index contributed by atoms with van der Waals surface area (Å²) in [5, 5.41) is 14.2. The van der Waals surface area contributed by atoms with E-state index < -0.39 is 0 Å². The van der Waals surface area contributed by atoms with E-state index in [0.717, 1.165) is 19.5 Å². The fraction of sp³-hybridized carbons (Fsp3) is 0.455. The molecule has 0 spiro atoms. The van der Waals surface area contributed by atoms with Crippen LogP contribution in [-0.2, 0) is 0 Å². The van der Waals surface area contributed by atoms with Crippen LogP contribution in [0.15, 0.2) is 24.3 Å². The molecule has 1 aliphatic heterocycles. The van der Waals surface area contributed by atoms with Gasteiger partial charge in [-0.1, -0.05) is 12.1 Å². The molecule has 0 aliphatic carbocycles. The van der Waals surface area contributed by atoms with Gasteiger partial charge in [0.05, 0.1) is 4.92 Å². The van der Waals surface area contributed by atoms with Crippen LogP contribution >= 0.6 is 0 Å². The van der Waals surface area contributed by atoms with Gasteiger partial charge in [-0.25, -0.2) is 0 Å². The summed E-state index contributed by atoms with van der Waals surface area (Å²) in [5.41, 5.74) is 0.873. The van der Waals surface area contributed by atoms with Crippen LogP contribution in [0.3, 0.4) is 0 Å². The summed E-state index contributed by atoms with van der Waals surface area (Å²) in [7, 11) is 1.92. The molecule has 1 unspecified atom stereocenters. The van der Waals surface area contributed by atoms with Crippen LogP contribution in [0.5, 0.6) is 0 Å². The summed E-state index contributed by atoms with van der Waals surface area (Å²) in [6.45, 7) is 1.87.